The quantitative estimate of drug-likeness (QED) is 0.744. The zero-order valence-corrected chi connectivity index (χ0v) is 13.6. The van der Waals surface area contributed by atoms with Crippen LogP contribution >= 0.6 is 0 Å². The highest BCUT2D eigenvalue weighted by atomic mass is 32.2. The SMILES string of the molecule is CCN([C@H](C)COC)S(=O)(=O)c1cccc(-n2cnnn2)c1. The van der Waals surface area contributed by atoms with Crippen LogP contribution in [-0.2, 0) is 14.8 Å². The summed E-state index contributed by atoms with van der Waals surface area (Å²) in [5.74, 6) is 0. The van der Waals surface area contributed by atoms with Crippen LogP contribution in [0, 0.1) is 0 Å². The zero-order valence-electron chi connectivity index (χ0n) is 12.7. The Morgan fingerprint density at radius 1 is 1.41 bits per heavy atom. The van der Waals surface area contributed by atoms with E-state index in [2.05, 4.69) is 15.5 Å². The number of nitrogens with zero attached hydrogens (tertiary/aromatic N) is 5. The average Bonchev–Trinajstić information content (AvgIpc) is 3.02. The molecule has 0 fully saturated rings. The van der Waals surface area contributed by atoms with Gasteiger partial charge in [0.05, 0.1) is 17.2 Å². The van der Waals surface area contributed by atoms with Crippen molar-refractivity contribution in [1.82, 2.24) is 24.5 Å². The van der Waals surface area contributed by atoms with Crippen molar-refractivity contribution in [1.29, 1.82) is 0 Å². The highest BCUT2D eigenvalue weighted by molar-refractivity contribution is 7.89. The Hall–Kier alpha value is -1.84. The van der Waals surface area contributed by atoms with Gasteiger partial charge in [-0.2, -0.15) is 4.31 Å². The first-order valence-electron chi connectivity index (χ1n) is 6.85. The van der Waals surface area contributed by atoms with Crippen molar-refractivity contribution in [3.8, 4) is 5.69 Å². The Balaban J connectivity index is 2.38. The minimum absolute atomic E-state index is 0.199. The highest BCUT2D eigenvalue weighted by Gasteiger charge is 2.27. The molecule has 120 valence electrons. The first-order chi connectivity index (χ1) is 10.5. The molecule has 1 aromatic carbocycles. The number of ether oxygens (including phenoxy) is 1. The molecule has 1 atom stereocenters. The van der Waals surface area contributed by atoms with E-state index >= 15 is 0 Å². The van der Waals surface area contributed by atoms with Crippen LogP contribution in [0.3, 0.4) is 0 Å². The minimum atomic E-state index is -3.61. The van der Waals surface area contributed by atoms with E-state index in [9.17, 15) is 8.42 Å². The average molecular weight is 325 g/mol. The summed E-state index contributed by atoms with van der Waals surface area (Å²) in [4.78, 5) is 0.199. The maximum absolute atomic E-state index is 12.8. The molecule has 0 spiro atoms. The summed E-state index contributed by atoms with van der Waals surface area (Å²) in [6.45, 7) is 4.31. The van der Waals surface area contributed by atoms with Crippen molar-refractivity contribution in [2.75, 3.05) is 20.3 Å². The van der Waals surface area contributed by atoms with Gasteiger partial charge in [-0.05, 0) is 35.5 Å². The van der Waals surface area contributed by atoms with E-state index in [-0.39, 0.29) is 10.9 Å². The lowest BCUT2D eigenvalue weighted by Crippen LogP contribution is -2.40. The predicted molar refractivity (Wildman–Crippen MR) is 80.1 cm³/mol. The number of likely N-dealkylation sites (N-methyl/N-ethyl adjacent to an activating group) is 1. The number of benzene rings is 1. The molecule has 0 amide bonds. The first kappa shape index (κ1) is 16.5. The summed E-state index contributed by atoms with van der Waals surface area (Å²) in [7, 11) is -2.06. The van der Waals surface area contributed by atoms with E-state index in [0.717, 1.165) is 0 Å². The molecule has 0 saturated carbocycles. The van der Waals surface area contributed by atoms with Gasteiger partial charge >= 0.3 is 0 Å². The Morgan fingerprint density at radius 3 is 2.77 bits per heavy atom. The molecule has 0 aliphatic heterocycles. The van der Waals surface area contributed by atoms with E-state index in [1.54, 1.807) is 38.3 Å². The summed E-state index contributed by atoms with van der Waals surface area (Å²) in [5, 5.41) is 10.9. The van der Waals surface area contributed by atoms with Crippen LogP contribution < -0.4 is 0 Å². The predicted octanol–water partition coefficient (Wildman–Crippen LogP) is 0.708. The molecule has 8 nitrogen and oxygen atoms in total. The van der Waals surface area contributed by atoms with E-state index in [4.69, 9.17) is 4.74 Å². The number of rotatable bonds is 7. The van der Waals surface area contributed by atoms with E-state index in [1.807, 2.05) is 6.92 Å². The Bertz CT molecular complexity index is 702. The maximum atomic E-state index is 12.8. The molecular weight excluding hydrogens is 306 g/mol. The molecule has 0 N–H and O–H groups in total. The molecule has 2 aromatic rings. The molecule has 0 unspecified atom stereocenters. The number of tetrazole rings is 1. The lowest BCUT2D eigenvalue weighted by molar-refractivity contribution is 0.142. The monoisotopic (exact) mass is 325 g/mol. The molecule has 1 aromatic heterocycles. The number of sulfonamides is 1. The Kier molecular flexibility index (Phi) is 5.22. The van der Waals surface area contributed by atoms with Crippen LogP contribution in [0.5, 0.6) is 0 Å². The van der Waals surface area contributed by atoms with Crippen molar-refractivity contribution in [3.63, 3.8) is 0 Å². The lowest BCUT2D eigenvalue weighted by atomic mass is 10.3. The fraction of sp³-hybridized carbons (Fsp3) is 0.462. The molecule has 0 aliphatic carbocycles. The molecule has 0 radical (unpaired) electrons. The van der Waals surface area contributed by atoms with E-state index in [0.29, 0.717) is 18.8 Å². The van der Waals surface area contributed by atoms with Crippen LogP contribution in [0.25, 0.3) is 5.69 Å². The minimum Gasteiger partial charge on any atom is -0.383 e. The standard InChI is InChI=1S/C13H19N5O3S/c1-4-18(11(2)9-21-3)22(19,20)13-7-5-6-12(8-13)17-10-14-15-16-17/h5-8,10-11H,4,9H2,1-3H3/t11-/m1/s1. The summed E-state index contributed by atoms with van der Waals surface area (Å²) in [6, 6.07) is 6.26. The summed E-state index contributed by atoms with van der Waals surface area (Å²) in [6.07, 6.45) is 1.41. The third-order valence-electron chi connectivity index (χ3n) is 3.25. The first-order valence-corrected chi connectivity index (χ1v) is 8.29. The fourth-order valence-corrected chi connectivity index (χ4v) is 3.91. The molecule has 0 bridgehead atoms. The van der Waals surface area contributed by atoms with Crippen molar-refractivity contribution >= 4 is 10.0 Å². The van der Waals surface area contributed by atoms with Gasteiger partial charge in [-0.25, -0.2) is 13.1 Å². The third-order valence-corrected chi connectivity index (χ3v) is 5.33. The second kappa shape index (κ2) is 6.95. The molecule has 0 aliphatic rings. The molecule has 0 saturated heterocycles. The Labute approximate surface area is 129 Å². The van der Waals surface area contributed by atoms with Gasteiger partial charge in [0.25, 0.3) is 0 Å². The van der Waals surface area contributed by atoms with Gasteiger partial charge in [-0.3, -0.25) is 0 Å². The van der Waals surface area contributed by atoms with E-state index < -0.39 is 10.0 Å². The second-order valence-electron chi connectivity index (χ2n) is 4.76. The third kappa shape index (κ3) is 3.32. The molecule has 2 rings (SSSR count). The largest absolute Gasteiger partial charge is 0.383 e. The van der Waals surface area contributed by atoms with Gasteiger partial charge in [-0.1, -0.05) is 13.0 Å². The van der Waals surface area contributed by atoms with Crippen LogP contribution in [-0.4, -0.2) is 59.2 Å². The van der Waals surface area contributed by atoms with Crippen LogP contribution in [0.1, 0.15) is 13.8 Å². The van der Waals surface area contributed by atoms with Crippen molar-refractivity contribution in [2.24, 2.45) is 0 Å². The summed E-state index contributed by atoms with van der Waals surface area (Å²) < 4.78 is 33.5. The van der Waals surface area contributed by atoms with Crippen molar-refractivity contribution in [2.45, 2.75) is 24.8 Å². The second-order valence-corrected chi connectivity index (χ2v) is 6.66. The topological polar surface area (TPSA) is 90.2 Å². The van der Waals surface area contributed by atoms with Crippen LogP contribution in [0.2, 0.25) is 0 Å². The van der Waals surface area contributed by atoms with Crippen LogP contribution in [0.15, 0.2) is 35.5 Å². The lowest BCUT2D eigenvalue weighted by Gasteiger charge is -2.26. The van der Waals surface area contributed by atoms with Gasteiger partial charge in [0.2, 0.25) is 10.0 Å². The van der Waals surface area contributed by atoms with Crippen molar-refractivity contribution in [3.05, 3.63) is 30.6 Å². The fourth-order valence-electron chi connectivity index (χ4n) is 2.24. The van der Waals surface area contributed by atoms with Crippen molar-refractivity contribution < 1.29 is 13.2 Å². The summed E-state index contributed by atoms with van der Waals surface area (Å²) in [5.41, 5.74) is 0.585. The molecule has 22 heavy (non-hydrogen) atoms. The normalized spacial score (nSPS) is 13.5. The zero-order chi connectivity index (χ0) is 16.2. The number of aromatic nitrogens is 4. The summed E-state index contributed by atoms with van der Waals surface area (Å²) >= 11 is 0. The molecule has 9 heteroatoms. The van der Waals surface area contributed by atoms with Gasteiger partial charge in [0.15, 0.2) is 0 Å². The maximum Gasteiger partial charge on any atom is 0.243 e. The van der Waals surface area contributed by atoms with Gasteiger partial charge < -0.3 is 4.74 Å². The van der Waals surface area contributed by atoms with Crippen LogP contribution in [0.4, 0.5) is 0 Å². The van der Waals surface area contributed by atoms with Gasteiger partial charge in [0, 0.05) is 19.7 Å². The molecule has 1 heterocycles. The van der Waals surface area contributed by atoms with E-state index in [1.165, 1.54) is 15.3 Å². The highest BCUT2D eigenvalue weighted by Crippen LogP contribution is 2.20. The smallest absolute Gasteiger partial charge is 0.243 e. The number of methoxy groups -OCH3 is 1. The molecular formula is C13H19N5O3S. The van der Waals surface area contributed by atoms with Gasteiger partial charge in [-0.15, -0.1) is 5.10 Å². The number of hydrogen-bond acceptors (Lipinski definition) is 6. The number of hydrogen-bond donors (Lipinski definition) is 0. The van der Waals surface area contributed by atoms with Gasteiger partial charge in [0.1, 0.15) is 6.33 Å². The Morgan fingerprint density at radius 2 is 2.18 bits per heavy atom.